The summed E-state index contributed by atoms with van der Waals surface area (Å²) in [5.41, 5.74) is 3.13. The molecule has 0 saturated carbocycles. The lowest BCUT2D eigenvalue weighted by Crippen LogP contribution is -2.00. The first-order chi connectivity index (χ1) is 13.3. The van der Waals surface area contributed by atoms with Gasteiger partial charge in [-0.25, -0.2) is 0 Å². The van der Waals surface area contributed by atoms with E-state index in [1.165, 1.54) is 0 Å². The van der Waals surface area contributed by atoms with Crippen LogP contribution in [0.3, 0.4) is 0 Å². The number of nitrogens with one attached hydrogen (secondary N) is 3. The molecule has 4 rings (SSSR count). The SMILES string of the molecule is COCCCOc1ccc2c3[nH][nH]c(Nc4cccc(OC)c4)c-3cc2c1. The van der Waals surface area contributed by atoms with E-state index in [0.717, 1.165) is 51.5 Å². The molecule has 0 aromatic heterocycles. The fourth-order valence-corrected chi connectivity index (χ4v) is 3.21. The molecule has 0 radical (unpaired) electrons. The number of anilines is 2. The summed E-state index contributed by atoms with van der Waals surface area (Å²) in [6, 6.07) is 16.2. The molecule has 0 bridgehead atoms. The number of H-pyrrole nitrogens is 2. The number of hydrogen-bond acceptors (Lipinski definition) is 4. The molecule has 0 spiro atoms. The number of fused-ring (bicyclic) bond motifs is 3. The first-order valence-corrected chi connectivity index (χ1v) is 8.94. The number of aromatic nitrogens is 2. The molecular weight excluding hydrogens is 342 g/mol. The Hall–Kier alpha value is -3.12. The first kappa shape index (κ1) is 17.3. The number of aromatic amines is 2. The Morgan fingerprint density at radius 1 is 0.926 bits per heavy atom. The number of ether oxygens (including phenoxy) is 3. The van der Waals surface area contributed by atoms with Gasteiger partial charge in [-0.1, -0.05) is 6.07 Å². The molecule has 2 aromatic rings. The molecule has 6 heteroatoms. The normalized spacial score (nSPS) is 11.2. The van der Waals surface area contributed by atoms with Gasteiger partial charge >= 0.3 is 0 Å². The van der Waals surface area contributed by atoms with Crippen LogP contribution >= 0.6 is 0 Å². The lowest BCUT2D eigenvalue weighted by molar-refractivity contribution is 0.172. The van der Waals surface area contributed by atoms with E-state index < -0.39 is 0 Å². The average Bonchev–Trinajstić information content (AvgIpc) is 3.25. The van der Waals surface area contributed by atoms with E-state index in [0.29, 0.717) is 13.2 Å². The zero-order chi connectivity index (χ0) is 18.6. The summed E-state index contributed by atoms with van der Waals surface area (Å²) in [4.78, 5) is 0. The Morgan fingerprint density at radius 2 is 1.85 bits per heavy atom. The third-order valence-electron chi connectivity index (χ3n) is 4.54. The molecule has 27 heavy (non-hydrogen) atoms. The van der Waals surface area contributed by atoms with Crippen LogP contribution in [0.4, 0.5) is 11.5 Å². The van der Waals surface area contributed by atoms with Gasteiger partial charge in [0.05, 0.1) is 19.4 Å². The van der Waals surface area contributed by atoms with Gasteiger partial charge in [0.2, 0.25) is 0 Å². The Balaban J connectivity index is 1.57. The highest BCUT2D eigenvalue weighted by atomic mass is 16.5. The zero-order valence-electron chi connectivity index (χ0n) is 15.5. The summed E-state index contributed by atoms with van der Waals surface area (Å²) in [6.07, 6.45) is 0.875. The van der Waals surface area contributed by atoms with Crippen molar-refractivity contribution in [2.45, 2.75) is 6.42 Å². The minimum absolute atomic E-state index is 0.647. The molecule has 140 valence electrons. The lowest BCUT2D eigenvalue weighted by atomic mass is 10.2. The monoisotopic (exact) mass is 365 g/mol. The van der Waals surface area contributed by atoms with E-state index in [2.05, 4.69) is 33.7 Å². The Morgan fingerprint density at radius 3 is 2.70 bits per heavy atom. The molecule has 2 aliphatic rings. The smallest absolute Gasteiger partial charge is 0.132 e. The maximum absolute atomic E-state index is 5.81. The minimum Gasteiger partial charge on any atom is -0.497 e. The summed E-state index contributed by atoms with van der Waals surface area (Å²) < 4.78 is 16.2. The molecule has 6 nitrogen and oxygen atoms in total. The molecule has 0 fully saturated rings. The van der Waals surface area contributed by atoms with Crippen LogP contribution in [0.15, 0.2) is 48.5 Å². The van der Waals surface area contributed by atoms with E-state index in [4.69, 9.17) is 14.2 Å². The summed E-state index contributed by atoms with van der Waals surface area (Å²) in [5, 5.41) is 12.2. The quantitative estimate of drug-likeness (QED) is 0.393. The van der Waals surface area contributed by atoms with Gasteiger partial charge in [-0.05, 0) is 41.8 Å². The Labute approximate surface area is 157 Å². The summed E-state index contributed by atoms with van der Waals surface area (Å²) in [6.45, 7) is 1.35. The van der Waals surface area contributed by atoms with Crippen molar-refractivity contribution >= 4 is 22.3 Å². The van der Waals surface area contributed by atoms with E-state index in [1.807, 2.05) is 30.3 Å². The summed E-state index contributed by atoms with van der Waals surface area (Å²) in [5.74, 6) is 2.60. The van der Waals surface area contributed by atoms with Gasteiger partial charge in [-0.3, -0.25) is 10.2 Å². The van der Waals surface area contributed by atoms with Crippen molar-refractivity contribution in [2.75, 3.05) is 32.8 Å². The molecule has 1 aliphatic carbocycles. The summed E-state index contributed by atoms with van der Waals surface area (Å²) >= 11 is 0. The number of rotatable bonds is 8. The van der Waals surface area contributed by atoms with Crippen molar-refractivity contribution in [1.82, 2.24) is 10.2 Å². The van der Waals surface area contributed by atoms with Crippen LogP contribution in [-0.4, -0.2) is 37.6 Å². The predicted molar refractivity (Wildman–Crippen MR) is 108 cm³/mol. The predicted octanol–water partition coefficient (Wildman–Crippen LogP) is 4.77. The maximum atomic E-state index is 5.81. The van der Waals surface area contributed by atoms with Crippen molar-refractivity contribution in [3.8, 4) is 22.8 Å². The molecule has 1 heterocycles. The molecule has 2 aromatic carbocycles. The number of methoxy groups -OCH3 is 2. The highest BCUT2D eigenvalue weighted by molar-refractivity contribution is 6.04. The van der Waals surface area contributed by atoms with E-state index in [-0.39, 0.29) is 0 Å². The van der Waals surface area contributed by atoms with Gasteiger partial charge in [-0.15, -0.1) is 0 Å². The molecule has 3 N–H and O–H groups in total. The second-order valence-electron chi connectivity index (χ2n) is 6.36. The Kier molecular flexibility index (Phi) is 4.89. The van der Waals surface area contributed by atoms with E-state index in [1.54, 1.807) is 14.2 Å². The lowest BCUT2D eigenvalue weighted by Gasteiger charge is -2.06. The first-order valence-electron chi connectivity index (χ1n) is 8.94. The third-order valence-corrected chi connectivity index (χ3v) is 4.54. The van der Waals surface area contributed by atoms with Crippen LogP contribution in [0.25, 0.3) is 22.0 Å². The van der Waals surface area contributed by atoms with E-state index >= 15 is 0 Å². The molecule has 1 aliphatic heterocycles. The van der Waals surface area contributed by atoms with Crippen molar-refractivity contribution in [3.63, 3.8) is 0 Å². The van der Waals surface area contributed by atoms with Gasteiger partial charge in [0.1, 0.15) is 17.3 Å². The second kappa shape index (κ2) is 7.63. The molecular formula is C21H23N3O3. The van der Waals surface area contributed by atoms with Crippen LogP contribution in [-0.2, 0) is 4.74 Å². The topological polar surface area (TPSA) is 71.3 Å². The average molecular weight is 365 g/mol. The largest absolute Gasteiger partial charge is 0.497 e. The van der Waals surface area contributed by atoms with Crippen LogP contribution in [0, 0.1) is 0 Å². The van der Waals surface area contributed by atoms with Crippen molar-refractivity contribution in [3.05, 3.63) is 48.5 Å². The van der Waals surface area contributed by atoms with Crippen LogP contribution in [0.5, 0.6) is 11.5 Å². The van der Waals surface area contributed by atoms with Crippen molar-refractivity contribution < 1.29 is 14.2 Å². The van der Waals surface area contributed by atoms with E-state index in [9.17, 15) is 0 Å². The zero-order valence-corrected chi connectivity index (χ0v) is 15.5. The van der Waals surface area contributed by atoms with Gasteiger partial charge < -0.3 is 19.5 Å². The van der Waals surface area contributed by atoms with Crippen LogP contribution < -0.4 is 14.8 Å². The van der Waals surface area contributed by atoms with Crippen molar-refractivity contribution in [2.24, 2.45) is 0 Å². The fraction of sp³-hybridized carbons (Fsp3) is 0.238. The number of hydrogen-bond donors (Lipinski definition) is 3. The van der Waals surface area contributed by atoms with Crippen LogP contribution in [0.1, 0.15) is 6.42 Å². The second-order valence-corrected chi connectivity index (χ2v) is 6.36. The highest BCUT2D eigenvalue weighted by Gasteiger charge is 2.17. The highest BCUT2D eigenvalue weighted by Crippen LogP contribution is 2.39. The Bertz CT molecular complexity index is 1010. The molecule has 0 amide bonds. The minimum atomic E-state index is 0.647. The van der Waals surface area contributed by atoms with Gasteiger partial charge in [0.15, 0.2) is 0 Å². The van der Waals surface area contributed by atoms with Crippen LogP contribution in [0.2, 0.25) is 0 Å². The van der Waals surface area contributed by atoms with Gasteiger partial charge in [0.25, 0.3) is 0 Å². The van der Waals surface area contributed by atoms with Gasteiger partial charge in [-0.2, -0.15) is 0 Å². The van der Waals surface area contributed by atoms with Gasteiger partial charge in [0, 0.05) is 42.8 Å². The molecule has 0 saturated heterocycles. The molecule has 0 unspecified atom stereocenters. The maximum Gasteiger partial charge on any atom is 0.132 e. The molecule has 0 atom stereocenters. The van der Waals surface area contributed by atoms with Crippen molar-refractivity contribution in [1.29, 1.82) is 0 Å². The third kappa shape index (κ3) is 3.57. The standard InChI is InChI=1S/C21H23N3O3/c1-25-9-4-10-27-17-7-8-18-14(11-17)12-19-20(18)23-24-21(19)22-15-5-3-6-16(13-15)26-2/h3,5-8,11-13,22-24H,4,9-10H2,1-2H3. The summed E-state index contributed by atoms with van der Waals surface area (Å²) in [7, 11) is 3.37. The fourth-order valence-electron chi connectivity index (χ4n) is 3.21. The number of benzene rings is 2.